The maximum atomic E-state index is 2.52. The monoisotopic (exact) mass is 402 g/mol. The van der Waals surface area contributed by atoms with E-state index in [0.717, 1.165) is 0 Å². The van der Waals surface area contributed by atoms with Crippen LogP contribution in [0, 0.1) is 10.8 Å². The van der Waals surface area contributed by atoms with Gasteiger partial charge in [0.05, 0.1) is 0 Å². The molecule has 0 saturated heterocycles. The molecule has 0 aromatic carbocycles. The zero-order chi connectivity index (χ0) is 16.2. The Labute approximate surface area is 146 Å². The molecule has 1 heteroatoms. The number of rotatable bonds is 14. The summed E-state index contributed by atoms with van der Waals surface area (Å²) in [6, 6.07) is 0. The molecular weight excluding hydrogens is 359 g/mol. The maximum absolute atomic E-state index is 2.52. The normalized spacial score (nSPS) is 12.9. The van der Waals surface area contributed by atoms with Gasteiger partial charge in [-0.25, -0.2) is 0 Å². The first kappa shape index (κ1) is 21.8. The van der Waals surface area contributed by atoms with Crippen LogP contribution in [0.25, 0.3) is 0 Å². The van der Waals surface area contributed by atoms with E-state index < -0.39 is 0 Å². The predicted molar refractivity (Wildman–Crippen MR) is 100 cm³/mol. The molecule has 0 aliphatic heterocycles. The van der Waals surface area contributed by atoms with Crippen LogP contribution in [0.4, 0.5) is 0 Å². The van der Waals surface area contributed by atoms with Gasteiger partial charge in [0.2, 0.25) is 0 Å². The summed E-state index contributed by atoms with van der Waals surface area (Å²) in [6.07, 6.45) is 14.3. The Balaban J connectivity index is 3.77. The fourth-order valence-corrected chi connectivity index (χ4v) is 8.21. The first-order valence-electron chi connectivity index (χ1n) is 9.54. The summed E-state index contributed by atoms with van der Waals surface area (Å²) in [6.45, 7) is 14.7. The molecule has 0 rings (SSSR count). The molecule has 126 valence electrons. The third kappa shape index (κ3) is 14.1. The van der Waals surface area contributed by atoms with Crippen LogP contribution in [0.3, 0.4) is 0 Å². The summed E-state index contributed by atoms with van der Waals surface area (Å²) < 4.78 is 3.17. The van der Waals surface area contributed by atoms with Crippen molar-refractivity contribution in [2.45, 2.75) is 115 Å². The summed E-state index contributed by atoms with van der Waals surface area (Å²) in [4.78, 5) is 0. The molecule has 0 fully saturated rings. The van der Waals surface area contributed by atoms with E-state index in [1.54, 1.807) is 8.87 Å². The van der Waals surface area contributed by atoms with E-state index in [9.17, 15) is 0 Å². The molecule has 0 atom stereocenters. The Hall–Kier alpha value is 0.799. The Morgan fingerprint density at radius 1 is 0.571 bits per heavy atom. The number of unbranched alkanes of at least 4 members (excludes halogenated alkanes) is 6. The number of hydrogen-bond acceptors (Lipinski definition) is 0. The van der Waals surface area contributed by atoms with Crippen molar-refractivity contribution in [3.05, 3.63) is 0 Å². The molecule has 0 aliphatic rings. The minimum absolute atomic E-state index is 0.166. The summed E-state index contributed by atoms with van der Waals surface area (Å²) in [5.74, 6) is 0. The molecule has 0 aromatic rings. The molecule has 2 radical (unpaired) electrons. The van der Waals surface area contributed by atoms with Crippen LogP contribution in [0.1, 0.15) is 106 Å². The van der Waals surface area contributed by atoms with Crippen LogP contribution < -0.4 is 0 Å². The van der Waals surface area contributed by atoms with Crippen LogP contribution in [-0.2, 0) is 0 Å². The zero-order valence-electron chi connectivity index (χ0n) is 16.0. The van der Waals surface area contributed by atoms with Gasteiger partial charge in [0.25, 0.3) is 0 Å². The van der Waals surface area contributed by atoms with E-state index in [1.807, 2.05) is 0 Å². The van der Waals surface area contributed by atoms with Crippen LogP contribution >= 0.6 is 0 Å². The van der Waals surface area contributed by atoms with Crippen LogP contribution in [0.5, 0.6) is 0 Å². The van der Waals surface area contributed by atoms with Crippen molar-refractivity contribution in [1.29, 1.82) is 0 Å². The molecular formula is C20H42Sn. The van der Waals surface area contributed by atoms with E-state index in [4.69, 9.17) is 0 Å². The van der Waals surface area contributed by atoms with Crippen molar-refractivity contribution in [1.82, 2.24) is 0 Å². The van der Waals surface area contributed by atoms with Crippen molar-refractivity contribution in [3.8, 4) is 0 Å². The quantitative estimate of drug-likeness (QED) is 0.209. The Morgan fingerprint density at radius 3 is 1.29 bits per heavy atom. The van der Waals surface area contributed by atoms with E-state index in [-0.39, 0.29) is 21.1 Å². The van der Waals surface area contributed by atoms with Crippen molar-refractivity contribution < 1.29 is 0 Å². The van der Waals surface area contributed by atoms with Gasteiger partial charge in [-0.2, -0.15) is 0 Å². The van der Waals surface area contributed by atoms with Gasteiger partial charge in [-0.1, -0.05) is 0 Å². The Morgan fingerprint density at radius 2 is 0.952 bits per heavy atom. The van der Waals surface area contributed by atoms with E-state index >= 15 is 0 Å². The molecule has 0 saturated carbocycles. The van der Waals surface area contributed by atoms with Gasteiger partial charge in [0.1, 0.15) is 0 Å². The standard InChI is InChI=1S/2C10H21.Sn/c2*1-5-6-7-8-9-10(2,3)4;/h2*2,5-9H2,1,3-4H3;. The van der Waals surface area contributed by atoms with Crippen molar-refractivity contribution in [2.24, 2.45) is 10.8 Å². The summed E-state index contributed by atoms with van der Waals surface area (Å²) in [7, 11) is 0. The average molecular weight is 401 g/mol. The molecule has 0 aromatic heterocycles. The van der Waals surface area contributed by atoms with Gasteiger partial charge >= 0.3 is 147 Å². The van der Waals surface area contributed by atoms with Gasteiger partial charge < -0.3 is 0 Å². The molecule has 0 bridgehead atoms. The van der Waals surface area contributed by atoms with Crippen LogP contribution in [0.2, 0.25) is 8.87 Å². The summed E-state index contributed by atoms with van der Waals surface area (Å²) in [5, 5.41) is 0. The second kappa shape index (κ2) is 12.2. The molecule has 21 heavy (non-hydrogen) atoms. The zero-order valence-corrected chi connectivity index (χ0v) is 18.8. The Bertz CT molecular complexity index is 206. The first-order valence-corrected chi connectivity index (χ1v) is 13.6. The van der Waals surface area contributed by atoms with Crippen LogP contribution in [-0.4, -0.2) is 21.1 Å². The number of hydrogen-bond donors (Lipinski definition) is 0. The second-order valence-electron chi connectivity index (χ2n) is 8.55. The van der Waals surface area contributed by atoms with E-state index in [1.165, 1.54) is 64.2 Å². The molecule has 0 aliphatic carbocycles. The van der Waals surface area contributed by atoms with Crippen molar-refractivity contribution >= 4 is 21.1 Å². The molecule has 0 unspecified atom stereocenters. The van der Waals surface area contributed by atoms with Gasteiger partial charge in [-0.05, 0) is 0 Å². The molecule has 0 spiro atoms. The fourth-order valence-electron chi connectivity index (χ4n) is 2.98. The van der Waals surface area contributed by atoms with Crippen molar-refractivity contribution in [2.75, 3.05) is 0 Å². The minimum atomic E-state index is -0.166. The van der Waals surface area contributed by atoms with E-state index in [0.29, 0.717) is 10.8 Å². The van der Waals surface area contributed by atoms with Gasteiger partial charge in [0, 0.05) is 0 Å². The Kier molecular flexibility index (Phi) is 12.7. The van der Waals surface area contributed by atoms with Crippen LogP contribution in [0.15, 0.2) is 0 Å². The fraction of sp³-hybridized carbons (Fsp3) is 1.00. The van der Waals surface area contributed by atoms with Gasteiger partial charge in [0.15, 0.2) is 0 Å². The molecule has 0 heterocycles. The predicted octanol–water partition coefficient (Wildman–Crippen LogP) is 7.52. The molecule has 0 amide bonds. The first-order chi connectivity index (χ1) is 9.83. The SMILES string of the molecule is CCCCCCC(C)(C)[CH2][Sn][CH2]C(C)(C)CCCCCC. The summed E-state index contributed by atoms with van der Waals surface area (Å²) in [5.41, 5.74) is 1.27. The summed E-state index contributed by atoms with van der Waals surface area (Å²) >= 11 is -0.166. The second-order valence-corrected chi connectivity index (χ2v) is 12.0. The topological polar surface area (TPSA) is 0 Å². The average Bonchev–Trinajstić information content (AvgIpc) is 2.39. The van der Waals surface area contributed by atoms with Crippen molar-refractivity contribution in [3.63, 3.8) is 0 Å². The van der Waals surface area contributed by atoms with Gasteiger partial charge in [-0.3, -0.25) is 0 Å². The van der Waals surface area contributed by atoms with Gasteiger partial charge in [-0.15, -0.1) is 0 Å². The third-order valence-electron chi connectivity index (χ3n) is 4.62. The molecule has 0 nitrogen and oxygen atoms in total. The van der Waals surface area contributed by atoms with E-state index in [2.05, 4.69) is 41.5 Å². The third-order valence-corrected chi connectivity index (χ3v) is 11.5. The molecule has 0 N–H and O–H groups in total.